The minimum atomic E-state index is 0.722. The first kappa shape index (κ1) is 10.8. The molecule has 70 valence electrons. The van der Waals surface area contributed by atoms with Crippen molar-refractivity contribution in [2.45, 2.75) is 0 Å². The molecule has 0 saturated carbocycles. The van der Waals surface area contributed by atoms with Gasteiger partial charge in [-0.2, -0.15) is 0 Å². The molecule has 0 aliphatic carbocycles. The van der Waals surface area contributed by atoms with Crippen LogP contribution in [0.5, 0.6) is 0 Å². The van der Waals surface area contributed by atoms with Gasteiger partial charge in [-0.3, -0.25) is 0 Å². The van der Waals surface area contributed by atoms with Gasteiger partial charge in [0.2, 0.25) is 0 Å². The maximum Gasteiger partial charge on any atom is 0.0480 e. The summed E-state index contributed by atoms with van der Waals surface area (Å²) < 4.78 is 2.05. The first-order valence-electron chi connectivity index (χ1n) is 3.72. The van der Waals surface area contributed by atoms with Crippen molar-refractivity contribution in [2.24, 2.45) is 0 Å². The van der Waals surface area contributed by atoms with Crippen LogP contribution in [0.2, 0.25) is 0 Å². The second-order valence-electron chi connectivity index (χ2n) is 2.61. The van der Waals surface area contributed by atoms with Gasteiger partial charge in [-0.1, -0.05) is 22.5 Å². The Balaban J connectivity index is 2.72. The Hall–Kier alpha value is -0.230. The van der Waals surface area contributed by atoms with Crippen LogP contribution in [-0.4, -0.2) is 6.54 Å². The minimum absolute atomic E-state index is 0.722. The fourth-order valence-electron chi connectivity index (χ4n) is 0.866. The Bertz CT molecular complexity index is 325. The molecule has 1 aromatic carbocycles. The highest BCUT2D eigenvalue weighted by atomic mass is 127. The Morgan fingerprint density at radius 1 is 1.62 bits per heavy atom. The molecule has 0 unspecified atom stereocenters. The van der Waals surface area contributed by atoms with E-state index in [1.54, 1.807) is 0 Å². The zero-order valence-electron chi connectivity index (χ0n) is 6.98. The maximum absolute atomic E-state index is 5.62. The van der Waals surface area contributed by atoms with E-state index >= 15 is 0 Å². The van der Waals surface area contributed by atoms with Gasteiger partial charge in [0.25, 0.3) is 0 Å². The summed E-state index contributed by atoms with van der Waals surface area (Å²) in [5.41, 5.74) is 7.49. The highest BCUT2D eigenvalue weighted by Gasteiger charge is 1.98. The molecular formula is C9H10BrIN2. The molecule has 0 heterocycles. The number of nitrogens with one attached hydrogen (secondary N) is 1. The Labute approximate surface area is 99.9 Å². The van der Waals surface area contributed by atoms with E-state index in [0.29, 0.717) is 0 Å². The van der Waals surface area contributed by atoms with E-state index in [9.17, 15) is 0 Å². The molecule has 1 rings (SSSR count). The van der Waals surface area contributed by atoms with Crippen molar-refractivity contribution < 1.29 is 0 Å². The molecule has 0 spiro atoms. The molecule has 0 radical (unpaired) electrons. The Morgan fingerprint density at radius 3 is 2.85 bits per heavy atom. The van der Waals surface area contributed by atoms with E-state index in [0.717, 1.165) is 26.0 Å². The number of anilines is 2. The zero-order valence-corrected chi connectivity index (χ0v) is 10.7. The molecule has 1 aromatic rings. The predicted molar refractivity (Wildman–Crippen MR) is 70.1 cm³/mol. The van der Waals surface area contributed by atoms with Gasteiger partial charge in [0.05, 0.1) is 0 Å². The molecular weight excluding hydrogens is 343 g/mol. The number of hydrogen-bond acceptors (Lipinski definition) is 2. The van der Waals surface area contributed by atoms with Crippen LogP contribution < -0.4 is 11.1 Å². The number of nitrogens with two attached hydrogens (primary N) is 1. The van der Waals surface area contributed by atoms with Crippen molar-refractivity contribution in [3.8, 4) is 0 Å². The topological polar surface area (TPSA) is 38.0 Å². The van der Waals surface area contributed by atoms with Gasteiger partial charge in [-0.25, -0.2) is 0 Å². The summed E-state index contributed by atoms with van der Waals surface area (Å²) in [6, 6.07) is 5.77. The lowest BCUT2D eigenvalue weighted by Gasteiger charge is -2.07. The summed E-state index contributed by atoms with van der Waals surface area (Å²) in [4.78, 5) is 0. The van der Waals surface area contributed by atoms with Gasteiger partial charge in [0, 0.05) is 26.0 Å². The fourth-order valence-corrected chi connectivity index (χ4v) is 1.74. The van der Waals surface area contributed by atoms with Crippen molar-refractivity contribution in [3.05, 3.63) is 32.8 Å². The van der Waals surface area contributed by atoms with Gasteiger partial charge in [0.15, 0.2) is 0 Å². The summed E-state index contributed by atoms with van der Waals surface area (Å²) >= 11 is 5.53. The number of rotatable bonds is 3. The van der Waals surface area contributed by atoms with E-state index in [2.05, 4.69) is 50.4 Å². The van der Waals surface area contributed by atoms with Gasteiger partial charge in [-0.15, -0.1) is 0 Å². The van der Waals surface area contributed by atoms with E-state index in [1.807, 2.05) is 18.2 Å². The Morgan fingerprint density at radius 2 is 2.31 bits per heavy atom. The maximum atomic E-state index is 5.62. The van der Waals surface area contributed by atoms with Gasteiger partial charge in [-0.05, 0) is 40.8 Å². The third-order valence-corrected chi connectivity index (χ3v) is 2.64. The van der Waals surface area contributed by atoms with Crippen LogP contribution in [-0.2, 0) is 0 Å². The average Bonchev–Trinajstić information content (AvgIpc) is 2.02. The van der Waals surface area contributed by atoms with Crippen LogP contribution in [0.3, 0.4) is 0 Å². The number of benzene rings is 1. The number of nitrogen functional groups attached to an aromatic ring is 1. The zero-order chi connectivity index (χ0) is 9.84. The lowest BCUT2D eigenvalue weighted by atomic mass is 10.3. The number of hydrogen-bond donors (Lipinski definition) is 2. The smallest absolute Gasteiger partial charge is 0.0480 e. The van der Waals surface area contributed by atoms with Gasteiger partial charge in [0.1, 0.15) is 0 Å². The molecule has 0 fully saturated rings. The third kappa shape index (κ3) is 3.56. The predicted octanol–water partition coefficient (Wildman–Crippen LogP) is 3.19. The summed E-state index contributed by atoms with van der Waals surface area (Å²) in [5.74, 6) is 0. The van der Waals surface area contributed by atoms with E-state index in [1.165, 1.54) is 0 Å². The Kier molecular flexibility index (Phi) is 4.05. The highest BCUT2D eigenvalue weighted by molar-refractivity contribution is 14.1. The molecule has 2 nitrogen and oxygen atoms in total. The normalized spacial score (nSPS) is 9.69. The van der Waals surface area contributed by atoms with Crippen molar-refractivity contribution in [3.63, 3.8) is 0 Å². The molecule has 4 heteroatoms. The van der Waals surface area contributed by atoms with E-state index < -0.39 is 0 Å². The summed E-state index contributed by atoms with van der Waals surface area (Å²) in [6.45, 7) is 4.47. The molecule has 0 atom stereocenters. The standard InChI is InChI=1S/C9H10BrIN2/c1-6(10)5-13-9-3-2-7(12)4-8(9)11/h2-4,13H,1,5,12H2. The van der Waals surface area contributed by atoms with Crippen LogP contribution in [0.15, 0.2) is 29.3 Å². The molecule has 3 N–H and O–H groups in total. The lowest BCUT2D eigenvalue weighted by molar-refractivity contribution is 1.32. The lowest BCUT2D eigenvalue weighted by Crippen LogP contribution is -2.02. The molecule has 0 aliphatic heterocycles. The fraction of sp³-hybridized carbons (Fsp3) is 0.111. The molecule has 0 bridgehead atoms. The van der Waals surface area contributed by atoms with Crippen molar-refractivity contribution in [1.29, 1.82) is 0 Å². The first-order valence-corrected chi connectivity index (χ1v) is 5.59. The van der Waals surface area contributed by atoms with Crippen molar-refractivity contribution >= 4 is 49.9 Å². The van der Waals surface area contributed by atoms with Crippen molar-refractivity contribution in [2.75, 3.05) is 17.6 Å². The average molecular weight is 353 g/mol. The van der Waals surface area contributed by atoms with Gasteiger partial charge >= 0.3 is 0 Å². The van der Waals surface area contributed by atoms with Crippen molar-refractivity contribution in [1.82, 2.24) is 0 Å². The molecule has 0 aromatic heterocycles. The van der Waals surface area contributed by atoms with E-state index in [4.69, 9.17) is 5.73 Å². The monoisotopic (exact) mass is 352 g/mol. The van der Waals surface area contributed by atoms with Crippen LogP contribution >= 0.6 is 38.5 Å². The second kappa shape index (κ2) is 4.85. The molecule has 0 aliphatic rings. The van der Waals surface area contributed by atoms with Crippen LogP contribution in [0.4, 0.5) is 11.4 Å². The summed E-state index contributed by atoms with van der Waals surface area (Å²) in [6.07, 6.45) is 0. The van der Waals surface area contributed by atoms with Crippen LogP contribution in [0, 0.1) is 3.57 Å². The SMILES string of the molecule is C=C(Br)CNc1ccc(N)cc1I. The quantitative estimate of drug-likeness (QED) is 0.647. The van der Waals surface area contributed by atoms with E-state index in [-0.39, 0.29) is 0 Å². The number of halogens is 2. The first-order chi connectivity index (χ1) is 6.09. The molecule has 13 heavy (non-hydrogen) atoms. The van der Waals surface area contributed by atoms with Gasteiger partial charge < -0.3 is 11.1 Å². The summed E-state index contributed by atoms with van der Waals surface area (Å²) in [5, 5.41) is 3.23. The van der Waals surface area contributed by atoms with Crippen LogP contribution in [0.1, 0.15) is 0 Å². The third-order valence-electron chi connectivity index (χ3n) is 1.46. The van der Waals surface area contributed by atoms with Crippen LogP contribution in [0.25, 0.3) is 0 Å². The molecule has 0 saturated heterocycles. The minimum Gasteiger partial charge on any atom is -0.399 e. The second-order valence-corrected chi connectivity index (χ2v) is 4.89. The summed E-state index contributed by atoms with van der Waals surface area (Å²) in [7, 11) is 0. The largest absolute Gasteiger partial charge is 0.399 e. The highest BCUT2D eigenvalue weighted by Crippen LogP contribution is 2.21. The molecule has 0 amide bonds.